The number of hydrogen-bond acceptors (Lipinski definition) is 4. The van der Waals surface area contributed by atoms with Crippen molar-refractivity contribution in [3.63, 3.8) is 0 Å². The van der Waals surface area contributed by atoms with Gasteiger partial charge in [0.25, 0.3) is 5.91 Å². The number of amides is 1. The molecule has 2 aromatic heterocycles. The number of nitrogens with zero attached hydrogens (tertiary/aromatic N) is 3. The van der Waals surface area contributed by atoms with E-state index in [0.717, 1.165) is 11.4 Å². The van der Waals surface area contributed by atoms with E-state index in [1.54, 1.807) is 22.7 Å². The van der Waals surface area contributed by atoms with E-state index in [0.29, 0.717) is 46.6 Å². The van der Waals surface area contributed by atoms with E-state index < -0.39 is 0 Å². The van der Waals surface area contributed by atoms with E-state index in [2.05, 4.69) is 15.4 Å². The molecule has 1 aromatic carbocycles. The molecule has 1 N–H and O–H groups in total. The van der Waals surface area contributed by atoms with Crippen LogP contribution in [0.1, 0.15) is 28.2 Å². The Morgan fingerprint density at radius 1 is 1.27 bits per heavy atom. The number of benzene rings is 1. The topological polar surface area (TPSA) is 68.5 Å². The molecule has 0 aliphatic carbocycles. The van der Waals surface area contributed by atoms with E-state index in [4.69, 9.17) is 27.9 Å². The molecule has 0 aliphatic heterocycles. The SMILES string of the molecule is Cc1cc(C)n2ncc(C(=O)NCCCOc3ccc(Cl)cc3Cl)c2n1. The third-order valence-corrected chi connectivity index (χ3v) is 4.31. The molecule has 0 saturated heterocycles. The molecule has 0 unspecified atom stereocenters. The van der Waals surface area contributed by atoms with E-state index in [-0.39, 0.29) is 5.91 Å². The number of aryl methyl sites for hydroxylation is 2. The number of halogens is 2. The van der Waals surface area contributed by atoms with E-state index in [1.165, 1.54) is 6.20 Å². The number of fused-ring (bicyclic) bond motifs is 1. The Bertz CT molecular complexity index is 956. The first-order chi connectivity index (χ1) is 12.5. The molecule has 2 heterocycles. The van der Waals surface area contributed by atoms with Crippen LogP contribution in [0.2, 0.25) is 10.0 Å². The van der Waals surface area contributed by atoms with Crippen molar-refractivity contribution in [2.45, 2.75) is 20.3 Å². The van der Waals surface area contributed by atoms with Crippen LogP contribution in [0.4, 0.5) is 0 Å². The summed E-state index contributed by atoms with van der Waals surface area (Å²) in [6.07, 6.45) is 2.17. The number of ether oxygens (including phenoxy) is 1. The van der Waals surface area contributed by atoms with Crippen molar-refractivity contribution in [1.82, 2.24) is 19.9 Å². The Labute approximate surface area is 161 Å². The van der Waals surface area contributed by atoms with Crippen LogP contribution in [-0.4, -0.2) is 33.7 Å². The van der Waals surface area contributed by atoms with Crippen LogP contribution in [0.15, 0.2) is 30.5 Å². The first-order valence-corrected chi connectivity index (χ1v) is 8.89. The third-order valence-electron chi connectivity index (χ3n) is 3.78. The van der Waals surface area contributed by atoms with Crippen LogP contribution in [0.3, 0.4) is 0 Å². The molecule has 3 rings (SSSR count). The fourth-order valence-corrected chi connectivity index (χ4v) is 3.04. The molecule has 0 atom stereocenters. The zero-order valence-corrected chi connectivity index (χ0v) is 15.9. The lowest BCUT2D eigenvalue weighted by Crippen LogP contribution is -2.25. The van der Waals surface area contributed by atoms with E-state index >= 15 is 0 Å². The molecule has 0 spiro atoms. The van der Waals surface area contributed by atoms with Gasteiger partial charge in [-0.15, -0.1) is 0 Å². The average Bonchev–Trinajstić information content (AvgIpc) is 3.00. The lowest BCUT2D eigenvalue weighted by molar-refractivity contribution is 0.0953. The summed E-state index contributed by atoms with van der Waals surface area (Å²) in [6.45, 7) is 4.70. The summed E-state index contributed by atoms with van der Waals surface area (Å²) in [6, 6.07) is 6.98. The van der Waals surface area contributed by atoms with Gasteiger partial charge in [-0.1, -0.05) is 23.2 Å². The Morgan fingerprint density at radius 2 is 2.08 bits per heavy atom. The first-order valence-electron chi connectivity index (χ1n) is 8.14. The summed E-state index contributed by atoms with van der Waals surface area (Å²) in [7, 11) is 0. The summed E-state index contributed by atoms with van der Waals surface area (Å²) >= 11 is 11.9. The highest BCUT2D eigenvalue weighted by Gasteiger charge is 2.15. The summed E-state index contributed by atoms with van der Waals surface area (Å²) in [5.74, 6) is 0.363. The van der Waals surface area contributed by atoms with Crippen molar-refractivity contribution in [3.05, 3.63) is 57.5 Å². The van der Waals surface area contributed by atoms with Gasteiger partial charge in [-0.2, -0.15) is 5.10 Å². The van der Waals surface area contributed by atoms with Crippen molar-refractivity contribution in [1.29, 1.82) is 0 Å². The van der Waals surface area contributed by atoms with Crippen molar-refractivity contribution in [2.24, 2.45) is 0 Å². The molecule has 26 heavy (non-hydrogen) atoms. The fraction of sp³-hybridized carbons (Fsp3) is 0.278. The summed E-state index contributed by atoms with van der Waals surface area (Å²) in [5.41, 5.74) is 2.79. The molecule has 0 bridgehead atoms. The summed E-state index contributed by atoms with van der Waals surface area (Å²) in [4.78, 5) is 16.8. The normalized spacial score (nSPS) is 10.9. The Hall–Kier alpha value is -2.31. The summed E-state index contributed by atoms with van der Waals surface area (Å²) < 4.78 is 7.26. The Morgan fingerprint density at radius 3 is 2.85 bits per heavy atom. The molecule has 1 amide bonds. The smallest absolute Gasteiger partial charge is 0.256 e. The molecule has 0 fully saturated rings. The zero-order chi connectivity index (χ0) is 18.7. The van der Waals surface area contributed by atoms with Gasteiger partial charge in [0.05, 0.1) is 17.8 Å². The standard InChI is InChI=1S/C18H18Cl2N4O2/c1-11-8-12(2)24-17(23-11)14(10-22-24)18(25)21-6-3-7-26-16-5-4-13(19)9-15(16)20/h4-5,8-10H,3,6-7H2,1-2H3,(H,21,25). The summed E-state index contributed by atoms with van der Waals surface area (Å²) in [5, 5.41) is 8.10. The third kappa shape index (κ3) is 4.08. The predicted molar refractivity (Wildman–Crippen MR) is 101 cm³/mol. The molecular weight excluding hydrogens is 375 g/mol. The van der Waals surface area contributed by atoms with Gasteiger partial charge in [0.15, 0.2) is 5.65 Å². The Balaban J connectivity index is 1.53. The highest BCUT2D eigenvalue weighted by atomic mass is 35.5. The lowest BCUT2D eigenvalue weighted by Gasteiger charge is -2.09. The maximum Gasteiger partial charge on any atom is 0.256 e. The first kappa shape index (κ1) is 18.5. The lowest BCUT2D eigenvalue weighted by atomic mass is 10.3. The number of aromatic nitrogens is 3. The zero-order valence-electron chi connectivity index (χ0n) is 14.4. The maximum absolute atomic E-state index is 12.4. The van der Waals surface area contributed by atoms with Gasteiger partial charge in [-0.25, -0.2) is 9.50 Å². The van der Waals surface area contributed by atoms with Crippen LogP contribution in [0, 0.1) is 13.8 Å². The molecule has 3 aromatic rings. The largest absolute Gasteiger partial charge is 0.492 e. The number of carbonyl (C=O) groups is 1. The number of nitrogens with one attached hydrogen (secondary N) is 1. The van der Waals surface area contributed by atoms with Crippen LogP contribution >= 0.6 is 23.2 Å². The van der Waals surface area contributed by atoms with Crippen molar-refractivity contribution < 1.29 is 9.53 Å². The minimum atomic E-state index is -0.206. The highest BCUT2D eigenvalue weighted by Crippen LogP contribution is 2.27. The van der Waals surface area contributed by atoms with Crippen molar-refractivity contribution >= 4 is 34.8 Å². The highest BCUT2D eigenvalue weighted by molar-refractivity contribution is 6.35. The molecule has 8 heteroatoms. The minimum Gasteiger partial charge on any atom is -0.492 e. The van der Waals surface area contributed by atoms with Gasteiger partial charge < -0.3 is 10.1 Å². The second-order valence-electron chi connectivity index (χ2n) is 5.87. The molecule has 0 saturated carbocycles. The van der Waals surface area contributed by atoms with Gasteiger partial charge in [0.2, 0.25) is 0 Å². The fourth-order valence-electron chi connectivity index (χ4n) is 2.57. The predicted octanol–water partition coefficient (Wildman–Crippen LogP) is 3.85. The van der Waals surface area contributed by atoms with Crippen molar-refractivity contribution in [3.8, 4) is 5.75 Å². The van der Waals surface area contributed by atoms with Crippen LogP contribution in [0.25, 0.3) is 5.65 Å². The monoisotopic (exact) mass is 392 g/mol. The van der Waals surface area contributed by atoms with E-state index in [1.807, 2.05) is 19.9 Å². The number of carbonyl (C=O) groups excluding carboxylic acids is 1. The van der Waals surface area contributed by atoms with Crippen molar-refractivity contribution in [2.75, 3.05) is 13.2 Å². The van der Waals surface area contributed by atoms with E-state index in [9.17, 15) is 4.79 Å². The van der Waals surface area contributed by atoms with Gasteiger partial charge in [-0.05, 0) is 44.5 Å². The van der Waals surface area contributed by atoms with Crippen LogP contribution in [0.5, 0.6) is 5.75 Å². The second-order valence-corrected chi connectivity index (χ2v) is 6.71. The number of hydrogen-bond donors (Lipinski definition) is 1. The van der Waals surface area contributed by atoms with Gasteiger partial charge in [-0.3, -0.25) is 4.79 Å². The quantitative estimate of drug-likeness (QED) is 0.646. The van der Waals surface area contributed by atoms with Crippen LogP contribution in [-0.2, 0) is 0 Å². The average molecular weight is 393 g/mol. The molecular formula is C18H18Cl2N4O2. The minimum absolute atomic E-state index is 0.206. The van der Waals surface area contributed by atoms with Crippen LogP contribution < -0.4 is 10.1 Å². The molecule has 0 radical (unpaired) electrons. The van der Waals surface area contributed by atoms with Gasteiger partial charge >= 0.3 is 0 Å². The second kappa shape index (κ2) is 7.93. The maximum atomic E-state index is 12.4. The molecule has 6 nitrogen and oxygen atoms in total. The molecule has 136 valence electrons. The van der Waals surface area contributed by atoms with Gasteiger partial charge in [0.1, 0.15) is 11.3 Å². The van der Waals surface area contributed by atoms with Gasteiger partial charge in [0, 0.05) is 23.0 Å². The number of rotatable bonds is 6. The Kier molecular flexibility index (Phi) is 5.64. The molecule has 0 aliphatic rings.